The zero-order chi connectivity index (χ0) is 17.4. The second-order valence-electron chi connectivity index (χ2n) is 7.15. The molecule has 2 heterocycles. The Morgan fingerprint density at radius 1 is 1.24 bits per heavy atom. The summed E-state index contributed by atoms with van der Waals surface area (Å²) >= 11 is 0. The molecule has 1 amide bonds. The van der Waals surface area contributed by atoms with Crippen LogP contribution in [0.25, 0.3) is 21.7 Å². The summed E-state index contributed by atoms with van der Waals surface area (Å²) in [5.74, 6) is 0.614. The van der Waals surface area contributed by atoms with E-state index in [2.05, 4.69) is 29.1 Å². The van der Waals surface area contributed by atoms with E-state index in [1.165, 1.54) is 0 Å². The summed E-state index contributed by atoms with van der Waals surface area (Å²) in [6.07, 6.45) is 2.92. The number of hydrogen-bond donors (Lipinski definition) is 0. The summed E-state index contributed by atoms with van der Waals surface area (Å²) in [7, 11) is 4.05. The minimum absolute atomic E-state index is 0.0593. The Balaban J connectivity index is 1.73. The van der Waals surface area contributed by atoms with Gasteiger partial charge < -0.3 is 9.80 Å². The van der Waals surface area contributed by atoms with Crippen LogP contribution >= 0.6 is 0 Å². The Hall–Kier alpha value is -2.46. The van der Waals surface area contributed by atoms with E-state index >= 15 is 0 Å². The highest BCUT2D eigenvalue weighted by atomic mass is 16.2. The molecule has 0 aliphatic carbocycles. The molecule has 0 N–H and O–H groups in total. The van der Waals surface area contributed by atoms with Crippen molar-refractivity contribution >= 4 is 27.6 Å². The number of carbonyl (C=O) groups excluding carboxylic acids is 1. The van der Waals surface area contributed by atoms with Gasteiger partial charge in [-0.15, -0.1) is 0 Å². The molecule has 25 heavy (non-hydrogen) atoms. The van der Waals surface area contributed by atoms with Crippen molar-refractivity contribution in [2.75, 3.05) is 33.7 Å². The fourth-order valence-corrected chi connectivity index (χ4v) is 3.94. The second-order valence-corrected chi connectivity index (χ2v) is 7.15. The summed E-state index contributed by atoms with van der Waals surface area (Å²) in [6.45, 7) is 2.98. The van der Waals surface area contributed by atoms with Gasteiger partial charge in [-0.3, -0.25) is 9.78 Å². The molecule has 0 bridgehead atoms. The maximum Gasteiger partial charge on any atom is 0.255 e. The lowest BCUT2D eigenvalue weighted by Gasteiger charge is -2.22. The van der Waals surface area contributed by atoms with Crippen LogP contribution < -0.4 is 0 Å². The molecule has 1 saturated heterocycles. The first-order valence-corrected chi connectivity index (χ1v) is 8.84. The smallest absolute Gasteiger partial charge is 0.255 e. The zero-order valence-electron chi connectivity index (χ0n) is 14.8. The SMILES string of the molecule is CN1CC[C@H](CN(C)C(=O)c2cc3ccccc3c3cccnc23)C1. The summed E-state index contributed by atoms with van der Waals surface area (Å²) < 4.78 is 0. The average Bonchev–Trinajstić information content (AvgIpc) is 3.05. The molecule has 1 aliphatic heterocycles. The molecule has 0 unspecified atom stereocenters. The molecule has 4 heteroatoms. The molecule has 128 valence electrons. The Kier molecular flexibility index (Phi) is 4.14. The van der Waals surface area contributed by atoms with E-state index in [9.17, 15) is 4.79 Å². The first kappa shape index (κ1) is 16.0. The van der Waals surface area contributed by atoms with Crippen LogP contribution in [0.4, 0.5) is 0 Å². The van der Waals surface area contributed by atoms with Crippen LogP contribution in [0, 0.1) is 5.92 Å². The summed E-state index contributed by atoms with van der Waals surface area (Å²) in [4.78, 5) is 21.9. The van der Waals surface area contributed by atoms with E-state index in [0.717, 1.165) is 47.7 Å². The van der Waals surface area contributed by atoms with Crippen LogP contribution in [0.5, 0.6) is 0 Å². The molecule has 0 saturated carbocycles. The van der Waals surface area contributed by atoms with Gasteiger partial charge in [-0.05, 0) is 48.8 Å². The van der Waals surface area contributed by atoms with Crippen LogP contribution in [0.3, 0.4) is 0 Å². The molecular formula is C21H23N3O. The van der Waals surface area contributed by atoms with Gasteiger partial charge in [-0.1, -0.05) is 30.3 Å². The zero-order valence-corrected chi connectivity index (χ0v) is 14.8. The van der Waals surface area contributed by atoms with E-state index < -0.39 is 0 Å². The lowest BCUT2D eigenvalue weighted by Crippen LogP contribution is -2.33. The maximum absolute atomic E-state index is 13.1. The highest BCUT2D eigenvalue weighted by Gasteiger charge is 2.24. The monoisotopic (exact) mass is 333 g/mol. The van der Waals surface area contributed by atoms with Gasteiger partial charge in [0.25, 0.3) is 5.91 Å². The number of benzene rings is 2. The van der Waals surface area contributed by atoms with Gasteiger partial charge in [-0.25, -0.2) is 0 Å². The van der Waals surface area contributed by atoms with Gasteiger partial charge in [-0.2, -0.15) is 0 Å². The third kappa shape index (κ3) is 2.98. The van der Waals surface area contributed by atoms with Crippen LogP contribution in [0.1, 0.15) is 16.8 Å². The van der Waals surface area contributed by atoms with Gasteiger partial charge in [0.15, 0.2) is 0 Å². The van der Waals surface area contributed by atoms with Crippen molar-refractivity contribution in [1.29, 1.82) is 0 Å². The third-order valence-corrected chi connectivity index (χ3v) is 5.21. The molecule has 1 aliphatic rings. The largest absolute Gasteiger partial charge is 0.341 e. The predicted molar refractivity (Wildman–Crippen MR) is 102 cm³/mol. The van der Waals surface area contributed by atoms with E-state index in [1.807, 2.05) is 42.3 Å². The number of amides is 1. The molecule has 3 aromatic rings. The van der Waals surface area contributed by atoms with E-state index in [1.54, 1.807) is 6.20 Å². The van der Waals surface area contributed by atoms with Crippen LogP contribution in [0.2, 0.25) is 0 Å². The topological polar surface area (TPSA) is 36.4 Å². The highest BCUT2D eigenvalue weighted by Crippen LogP contribution is 2.28. The summed E-state index contributed by atoms with van der Waals surface area (Å²) in [5, 5.41) is 3.26. The molecular weight excluding hydrogens is 310 g/mol. The molecule has 0 radical (unpaired) electrons. The van der Waals surface area contributed by atoms with E-state index in [4.69, 9.17) is 0 Å². The quantitative estimate of drug-likeness (QED) is 0.689. The summed E-state index contributed by atoms with van der Waals surface area (Å²) in [5.41, 5.74) is 1.49. The fourth-order valence-electron chi connectivity index (χ4n) is 3.94. The standard InChI is InChI=1S/C21H23N3O/c1-23-11-9-15(13-23)14-24(2)21(25)19-12-16-6-3-4-7-17(16)18-8-5-10-22-20(18)19/h3-8,10,12,15H,9,11,13-14H2,1-2H3/t15-/m0/s1. The number of hydrogen-bond acceptors (Lipinski definition) is 3. The number of rotatable bonds is 3. The van der Waals surface area contributed by atoms with E-state index in [-0.39, 0.29) is 5.91 Å². The van der Waals surface area contributed by atoms with Crippen molar-refractivity contribution in [2.45, 2.75) is 6.42 Å². The lowest BCUT2D eigenvalue weighted by molar-refractivity contribution is 0.0776. The molecule has 1 atom stereocenters. The maximum atomic E-state index is 13.1. The van der Waals surface area contributed by atoms with Crippen molar-refractivity contribution in [3.05, 3.63) is 54.2 Å². The number of nitrogens with zero attached hydrogens (tertiary/aromatic N) is 3. The Morgan fingerprint density at radius 2 is 2.04 bits per heavy atom. The van der Waals surface area contributed by atoms with Crippen molar-refractivity contribution < 1.29 is 4.79 Å². The molecule has 4 rings (SSSR count). The summed E-state index contributed by atoms with van der Waals surface area (Å²) in [6, 6.07) is 14.2. The molecule has 1 fully saturated rings. The molecule has 4 nitrogen and oxygen atoms in total. The number of fused-ring (bicyclic) bond motifs is 3. The van der Waals surface area contributed by atoms with Gasteiger partial charge >= 0.3 is 0 Å². The van der Waals surface area contributed by atoms with Crippen LogP contribution in [-0.4, -0.2) is 54.4 Å². The number of pyridine rings is 1. The van der Waals surface area contributed by atoms with Gasteiger partial charge in [0.05, 0.1) is 11.1 Å². The number of carbonyl (C=O) groups is 1. The predicted octanol–water partition coefficient (Wildman–Crippen LogP) is 3.41. The average molecular weight is 333 g/mol. The molecule has 1 aromatic heterocycles. The minimum Gasteiger partial charge on any atom is -0.341 e. The van der Waals surface area contributed by atoms with Gasteiger partial charge in [0, 0.05) is 31.7 Å². The van der Waals surface area contributed by atoms with E-state index in [0.29, 0.717) is 11.5 Å². The highest BCUT2D eigenvalue weighted by molar-refractivity contribution is 6.15. The normalized spacial score (nSPS) is 18.1. The first-order chi connectivity index (χ1) is 12.1. The van der Waals surface area contributed by atoms with Crippen molar-refractivity contribution in [3.8, 4) is 0 Å². The lowest BCUT2D eigenvalue weighted by atomic mass is 9.99. The first-order valence-electron chi connectivity index (χ1n) is 8.84. The minimum atomic E-state index is 0.0593. The Bertz CT molecular complexity index is 937. The Morgan fingerprint density at radius 3 is 2.84 bits per heavy atom. The van der Waals surface area contributed by atoms with Gasteiger partial charge in [0.2, 0.25) is 0 Å². The third-order valence-electron chi connectivity index (χ3n) is 5.21. The van der Waals surface area contributed by atoms with Crippen LogP contribution in [-0.2, 0) is 0 Å². The number of aromatic nitrogens is 1. The number of likely N-dealkylation sites (tertiary alicyclic amines) is 1. The van der Waals surface area contributed by atoms with Gasteiger partial charge in [0.1, 0.15) is 0 Å². The van der Waals surface area contributed by atoms with Crippen molar-refractivity contribution in [1.82, 2.24) is 14.8 Å². The Labute approximate surface area is 148 Å². The molecule has 2 aromatic carbocycles. The molecule has 0 spiro atoms. The second kappa shape index (κ2) is 6.45. The van der Waals surface area contributed by atoms with Crippen LogP contribution in [0.15, 0.2) is 48.7 Å². The fraction of sp³-hybridized carbons (Fsp3) is 0.333. The van der Waals surface area contributed by atoms with Crippen molar-refractivity contribution in [2.24, 2.45) is 5.92 Å². The van der Waals surface area contributed by atoms with Crippen molar-refractivity contribution in [3.63, 3.8) is 0 Å².